The lowest BCUT2D eigenvalue weighted by Crippen LogP contribution is -2.34. The van der Waals surface area contributed by atoms with Crippen LogP contribution in [0, 0.1) is 6.92 Å². The summed E-state index contributed by atoms with van der Waals surface area (Å²) in [5, 5.41) is 7.78. The lowest BCUT2D eigenvalue weighted by atomic mass is 9.94. The summed E-state index contributed by atoms with van der Waals surface area (Å²) in [5.41, 5.74) is 6.34. The van der Waals surface area contributed by atoms with E-state index in [2.05, 4.69) is 32.5 Å². The van der Waals surface area contributed by atoms with Crippen molar-refractivity contribution in [2.75, 3.05) is 13.1 Å². The Labute approximate surface area is 140 Å². The van der Waals surface area contributed by atoms with Crippen molar-refractivity contribution in [1.29, 1.82) is 0 Å². The average Bonchev–Trinajstić information content (AvgIpc) is 3.16. The van der Waals surface area contributed by atoms with Gasteiger partial charge in [-0.2, -0.15) is 5.10 Å². The van der Waals surface area contributed by atoms with Gasteiger partial charge in [0.15, 0.2) is 5.65 Å². The second-order valence-electron chi connectivity index (χ2n) is 6.37. The van der Waals surface area contributed by atoms with Crippen molar-refractivity contribution >= 4 is 22.4 Å². The highest BCUT2D eigenvalue weighted by Gasteiger charge is 2.23. The number of aryl methyl sites for hydroxylation is 2. The number of thiazole rings is 1. The van der Waals surface area contributed by atoms with E-state index in [1.54, 1.807) is 11.3 Å². The van der Waals surface area contributed by atoms with Gasteiger partial charge in [-0.25, -0.2) is 9.97 Å². The number of hydrogen-bond donors (Lipinski definition) is 0. The fraction of sp³-hybridized carbons (Fsp3) is 0.471. The molecule has 3 aromatic rings. The maximum absolute atomic E-state index is 4.91. The van der Waals surface area contributed by atoms with E-state index >= 15 is 0 Å². The highest BCUT2D eigenvalue weighted by molar-refractivity contribution is 7.07. The zero-order valence-electron chi connectivity index (χ0n) is 13.6. The smallest absolute Gasteiger partial charge is 0.158 e. The summed E-state index contributed by atoms with van der Waals surface area (Å²) < 4.78 is 1.89. The summed E-state index contributed by atoms with van der Waals surface area (Å²) in [6, 6.07) is 4.37. The SMILES string of the molecule is Cc1nn(C)c2nc([C@H]3CCCN(Cc4cscn4)C3)ccc12. The number of hydrogen-bond acceptors (Lipinski definition) is 5. The lowest BCUT2D eigenvalue weighted by Gasteiger charge is -2.32. The molecule has 0 N–H and O–H groups in total. The molecule has 1 atom stereocenters. The van der Waals surface area contributed by atoms with Crippen molar-refractivity contribution in [2.24, 2.45) is 7.05 Å². The zero-order chi connectivity index (χ0) is 15.8. The number of nitrogens with zero attached hydrogens (tertiary/aromatic N) is 5. The van der Waals surface area contributed by atoms with Crippen molar-refractivity contribution in [3.63, 3.8) is 0 Å². The van der Waals surface area contributed by atoms with E-state index in [9.17, 15) is 0 Å². The second kappa shape index (κ2) is 6.02. The molecule has 1 saturated heterocycles. The molecule has 4 rings (SSSR count). The molecular formula is C17H21N5S. The molecule has 0 aromatic carbocycles. The highest BCUT2D eigenvalue weighted by Crippen LogP contribution is 2.28. The van der Waals surface area contributed by atoms with Crippen LogP contribution in [0.3, 0.4) is 0 Å². The molecule has 23 heavy (non-hydrogen) atoms. The first-order valence-electron chi connectivity index (χ1n) is 8.10. The first-order chi connectivity index (χ1) is 11.2. The Bertz CT molecular complexity index is 808. The molecule has 4 heterocycles. The largest absolute Gasteiger partial charge is 0.297 e. The molecule has 1 aliphatic heterocycles. The number of piperidine rings is 1. The summed E-state index contributed by atoms with van der Waals surface area (Å²) in [6.45, 7) is 5.21. The van der Waals surface area contributed by atoms with Gasteiger partial charge in [0, 0.05) is 42.5 Å². The van der Waals surface area contributed by atoms with E-state index < -0.39 is 0 Å². The van der Waals surface area contributed by atoms with E-state index in [1.807, 2.05) is 24.2 Å². The minimum atomic E-state index is 0.502. The van der Waals surface area contributed by atoms with Gasteiger partial charge in [-0.1, -0.05) is 0 Å². The first kappa shape index (κ1) is 14.8. The molecule has 0 radical (unpaired) electrons. The molecule has 0 unspecified atom stereocenters. The van der Waals surface area contributed by atoms with Gasteiger partial charge < -0.3 is 0 Å². The molecule has 120 valence electrons. The predicted molar refractivity (Wildman–Crippen MR) is 92.6 cm³/mol. The third kappa shape index (κ3) is 2.88. The molecule has 1 aliphatic rings. The van der Waals surface area contributed by atoms with Crippen LogP contribution in [0.5, 0.6) is 0 Å². The summed E-state index contributed by atoms with van der Waals surface area (Å²) in [5.74, 6) is 0.502. The van der Waals surface area contributed by atoms with Crippen LogP contribution in [0.2, 0.25) is 0 Å². The maximum Gasteiger partial charge on any atom is 0.158 e. The molecule has 5 nitrogen and oxygen atoms in total. The van der Waals surface area contributed by atoms with Gasteiger partial charge in [-0.3, -0.25) is 9.58 Å². The van der Waals surface area contributed by atoms with Crippen molar-refractivity contribution in [1.82, 2.24) is 24.6 Å². The number of rotatable bonds is 3. The Morgan fingerprint density at radius 1 is 1.35 bits per heavy atom. The van der Waals surface area contributed by atoms with Crippen LogP contribution < -0.4 is 0 Å². The summed E-state index contributed by atoms with van der Waals surface area (Å²) in [6.07, 6.45) is 2.43. The first-order valence-corrected chi connectivity index (χ1v) is 9.04. The topological polar surface area (TPSA) is 46.8 Å². The minimum absolute atomic E-state index is 0.502. The van der Waals surface area contributed by atoms with Crippen LogP contribution in [0.4, 0.5) is 0 Å². The van der Waals surface area contributed by atoms with Crippen molar-refractivity contribution in [3.8, 4) is 0 Å². The van der Waals surface area contributed by atoms with Gasteiger partial charge in [0.2, 0.25) is 0 Å². The summed E-state index contributed by atoms with van der Waals surface area (Å²) in [7, 11) is 1.97. The molecule has 1 fully saturated rings. The van der Waals surface area contributed by atoms with Crippen molar-refractivity contribution in [2.45, 2.75) is 32.2 Å². The van der Waals surface area contributed by atoms with E-state index in [0.717, 1.165) is 36.4 Å². The number of likely N-dealkylation sites (tertiary alicyclic amines) is 1. The van der Waals surface area contributed by atoms with Gasteiger partial charge in [0.25, 0.3) is 0 Å². The average molecular weight is 327 g/mol. The highest BCUT2D eigenvalue weighted by atomic mass is 32.1. The van der Waals surface area contributed by atoms with E-state index in [4.69, 9.17) is 4.98 Å². The third-order valence-electron chi connectivity index (χ3n) is 4.69. The van der Waals surface area contributed by atoms with Crippen LogP contribution in [-0.2, 0) is 13.6 Å². The van der Waals surface area contributed by atoms with Gasteiger partial charge in [-0.15, -0.1) is 11.3 Å². The molecule has 0 spiro atoms. The minimum Gasteiger partial charge on any atom is -0.297 e. The van der Waals surface area contributed by atoms with Crippen LogP contribution in [0.15, 0.2) is 23.0 Å². The Kier molecular flexibility index (Phi) is 3.87. The summed E-state index contributed by atoms with van der Waals surface area (Å²) in [4.78, 5) is 11.8. The molecular weight excluding hydrogens is 306 g/mol. The standard InChI is InChI=1S/C17H21N5S/c1-12-15-5-6-16(19-17(15)21(2)20-12)13-4-3-7-22(8-13)9-14-10-23-11-18-14/h5-6,10-11,13H,3-4,7-9H2,1-2H3/t13-/m0/s1. The number of aromatic nitrogens is 4. The Hall–Kier alpha value is -1.79. The van der Waals surface area contributed by atoms with Crippen molar-refractivity contribution < 1.29 is 0 Å². The normalized spacial score (nSPS) is 19.5. The summed E-state index contributed by atoms with van der Waals surface area (Å²) >= 11 is 1.67. The monoisotopic (exact) mass is 327 g/mol. The fourth-order valence-electron chi connectivity index (χ4n) is 3.53. The van der Waals surface area contributed by atoms with Gasteiger partial charge >= 0.3 is 0 Å². The number of fused-ring (bicyclic) bond motifs is 1. The van der Waals surface area contributed by atoms with E-state index in [1.165, 1.54) is 24.2 Å². The van der Waals surface area contributed by atoms with Gasteiger partial charge in [0.1, 0.15) is 0 Å². The van der Waals surface area contributed by atoms with Crippen LogP contribution in [-0.4, -0.2) is 37.7 Å². The van der Waals surface area contributed by atoms with Crippen LogP contribution in [0.1, 0.15) is 35.8 Å². The Morgan fingerprint density at radius 3 is 3.09 bits per heavy atom. The Balaban J connectivity index is 1.56. The molecule has 0 saturated carbocycles. The van der Waals surface area contributed by atoms with Gasteiger partial charge in [-0.05, 0) is 38.4 Å². The second-order valence-corrected chi connectivity index (χ2v) is 7.09. The third-order valence-corrected chi connectivity index (χ3v) is 5.32. The maximum atomic E-state index is 4.91. The van der Waals surface area contributed by atoms with Crippen LogP contribution >= 0.6 is 11.3 Å². The van der Waals surface area contributed by atoms with Crippen molar-refractivity contribution in [3.05, 3.63) is 40.1 Å². The zero-order valence-corrected chi connectivity index (χ0v) is 14.4. The molecule has 0 aliphatic carbocycles. The van der Waals surface area contributed by atoms with E-state index in [-0.39, 0.29) is 0 Å². The quantitative estimate of drug-likeness (QED) is 0.741. The number of pyridine rings is 1. The molecule has 0 bridgehead atoms. The molecule has 6 heteroatoms. The molecule has 0 amide bonds. The lowest BCUT2D eigenvalue weighted by molar-refractivity contribution is 0.197. The van der Waals surface area contributed by atoms with E-state index in [0.29, 0.717) is 5.92 Å². The Morgan fingerprint density at radius 2 is 2.26 bits per heavy atom. The fourth-order valence-corrected chi connectivity index (χ4v) is 4.08. The molecule has 3 aromatic heterocycles. The van der Waals surface area contributed by atoms with Crippen LogP contribution in [0.25, 0.3) is 11.0 Å². The van der Waals surface area contributed by atoms with Gasteiger partial charge in [0.05, 0.1) is 16.9 Å². The predicted octanol–water partition coefficient (Wildman–Crippen LogP) is 3.11.